The van der Waals surface area contributed by atoms with Crippen molar-refractivity contribution in [1.82, 2.24) is 19.6 Å². The highest BCUT2D eigenvalue weighted by Gasteiger charge is 2.50. The minimum atomic E-state index is -1.86. The van der Waals surface area contributed by atoms with Crippen LogP contribution in [0.25, 0.3) is 22.3 Å². The molecule has 2 aliphatic rings. The molecule has 14 heteroatoms. The molecule has 1 aromatic carbocycles. The molecule has 4 N–H and O–H groups in total. The number of pyridine rings is 2. The third-order valence-electron chi connectivity index (χ3n) is 8.70. The van der Waals surface area contributed by atoms with Gasteiger partial charge in [0.25, 0.3) is 5.56 Å². The summed E-state index contributed by atoms with van der Waals surface area (Å²) in [6.07, 6.45) is 1.23. The normalized spacial score (nSPS) is 16.3. The Kier molecular flexibility index (Phi) is 8.26. The first-order valence-electron chi connectivity index (χ1n) is 15.4. The molecule has 6 rings (SSSR count). The van der Waals surface area contributed by atoms with Gasteiger partial charge in [-0.05, 0) is 55.5 Å². The standard InChI is InChI=1S/C33H34N4O10/c1-3-19-20-14-18(38)9-10-24(20)35-29-21(19)16-36-25(29)15-23-22(30(36)42)17-45-31(43)33(23,4-2)46-32(44)34-13-7-5-6-8-28(41)47-37-26(39)11-12-27(37)40/h9-12,14-15,38-40H,3-8,13,16-17H2,1-2H3,(H,34,44)/t33-/m0/s1. The highest BCUT2D eigenvalue weighted by atomic mass is 16.7. The van der Waals surface area contributed by atoms with Crippen LogP contribution in [0.2, 0.25) is 0 Å². The summed E-state index contributed by atoms with van der Waals surface area (Å²) in [5, 5.41) is 32.7. The number of fused-ring (bicyclic) bond motifs is 5. The first kappa shape index (κ1) is 31.5. The molecule has 0 unspecified atom stereocenters. The average molecular weight is 647 g/mol. The molecule has 14 nitrogen and oxygen atoms in total. The monoisotopic (exact) mass is 646 g/mol. The smallest absolute Gasteiger partial charge is 0.408 e. The van der Waals surface area contributed by atoms with Gasteiger partial charge in [-0.1, -0.05) is 20.3 Å². The average Bonchev–Trinajstić information content (AvgIpc) is 3.57. The number of phenolic OH excluding ortho intramolecular Hbond substituents is 1. The predicted molar refractivity (Wildman–Crippen MR) is 166 cm³/mol. The van der Waals surface area contributed by atoms with Gasteiger partial charge in [-0.3, -0.25) is 4.79 Å². The highest BCUT2D eigenvalue weighted by Crippen LogP contribution is 2.42. The van der Waals surface area contributed by atoms with Gasteiger partial charge in [-0.15, -0.1) is 4.73 Å². The van der Waals surface area contributed by atoms with E-state index in [1.165, 1.54) is 12.1 Å². The summed E-state index contributed by atoms with van der Waals surface area (Å²) in [6, 6.07) is 9.00. The number of phenols is 1. The summed E-state index contributed by atoms with van der Waals surface area (Å²) in [6.45, 7) is 3.85. The molecule has 0 fully saturated rings. The van der Waals surface area contributed by atoms with Crippen molar-refractivity contribution in [3.05, 3.63) is 69.0 Å². The number of esters is 1. The Morgan fingerprint density at radius 2 is 1.79 bits per heavy atom. The Balaban J connectivity index is 1.16. The second-order valence-corrected chi connectivity index (χ2v) is 11.5. The van der Waals surface area contributed by atoms with Crippen molar-refractivity contribution >= 4 is 28.9 Å². The van der Waals surface area contributed by atoms with Gasteiger partial charge in [-0.2, -0.15) is 0 Å². The Morgan fingerprint density at radius 3 is 2.51 bits per heavy atom. The Morgan fingerprint density at radius 1 is 1.02 bits per heavy atom. The Labute approximate surface area is 268 Å². The van der Waals surface area contributed by atoms with Crippen molar-refractivity contribution in [3.8, 4) is 28.9 Å². The van der Waals surface area contributed by atoms with Crippen molar-refractivity contribution in [2.75, 3.05) is 6.54 Å². The summed E-state index contributed by atoms with van der Waals surface area (Å²) in [5.74, 6) is -2.14. The van der Waals surface area contributed by atoms with Gasteiger partial charge < -0.3 is 39.5 Å². The molecule has 4 aromatic rings. The molecule has 3 aromatic heterocycles. The number of aromatic hydroxyl groups is 3. The number of hydrogen-bond acceptors (Lipinski definition) is 11. The SMILES string of the molecule is CCc1c2c(nc3ccc(O)cc13)-c1cc3c(c(=O)n1C2)COC(=O)[C@@]3(CC)OC(=O)NCCCCCC(=O)On1c(O)ccc1O. The first-order valence-corrected chi connectivity index (χ1v) is 15.4. The number of carbonyl (C=O) groups excluding carboxylic acids is 3. The van der Waals surface area contributed by atoms with E-state index < -0.39 is 35.4 Å². The number of alkyl carbamates (subject to hydrolysis) is 1. The number of cyclic esters (lactones) is 1. The second kappa shape index (κ2) is 12.3. The molecule has 47 heavy (non-hydrogen) atoms. The van der Waals surface area contributed by atoms with Crippen molar-refractivity contribution in [2.45, 2.75) is 71.1 Å². The molecular formula is C33H34N4O10. The number of aryl methyl sites for hydroxylation is 1. The minimum Gasteiger partial charge on any atom is -0.508 e. The van der Waals surface area contributed by atoms with E-state index in [2.05, 4.69) is 5.32 Å². The van der Waals surface area contributed by atoms with Crippen LogP contribution < -0.4 is 15.7 Å². The van der Waals surface area contributed by atoms with Crippen molar-refractivity contribution in [3.63, 3.8) is 0 Å². The van der Waals surface area contributed by atoms with Crippen LogP contribution in [0.3, 0.4) is 0 Å². The van der Waals surface area contributed by atoms with Crippen LogP contribution in [0.15, 0.2) is 41.2 Å². The third kappa shape index (κ3) is 5.49. The van der Waals surface area contributed by atoms with Crippen LogP contribution in [0.1, 0.15) is 68.2 Å². The minimum absolute atomic E-state index is 0.0128. The summed E-state index contributed by atoms with van der Waals surface area (Å²) >= 11 is 0. The van der Waals surface area contributed by atoms with Crippen LogP contribution in [0.5, 0.6) is 17.5 Å². The van der Waals surface area contributed by atoms with Crippen LogP contribution in [0.4, 0.5) is 4.79 Å². The molecular weight excluding hydrogens is 612 g/mol. The lowest BCUT2D eigenvalue weighted by Crippen LogP contribution is -2.49. The van der Waals surface area contributed by atoms with Crippen LogP contribution in [-0.2, 0) is 44.2 Å². The Bertz CT molecular complexity index is 1960. The fourth-order valence-corrected chi connectivity index (χ4v) is 6.31. The summed E-state index contributed by atoms with van der Waals surface area (Å²) in [4.78, 5) is 61.9. The molecule has 0 saturated carbocycles. The zero-order valence-electron chi connectivity index (χ0n) is 25.9. The number of carbonyl (C=O) groups is 3. The lowest BCUT2D eigenvalue weighted by Gasteiger charge is -2.35. The van der Waals surface area contributed by atoms with Gasteiger partial charge >= 0.3 is 18.0 Å². The molecule has 1 amide bonds. The molecule has 0 bridgehead atoms. The number of nitrogens with one attached hydrogen (secondary N) is 1. The van der Waals surface area contributed by atoms with E-state index >= 15 is 0 Å². The van der Waals surface area contributed by atoms with Gasteiger partial charge in [0, 0.05) is 41.6 Å². The second-order valence-electron chi connectivity index (χ2n) is 11.5. The van der Waals surface area contributed by atoms with Crippen LogP contribution >= 0.6 is 0 Å². The summed E-state index contributed by atoms with van der Waals surface area (Å²) in [7, 11) is 0. The van der Waals surface area contributed by atoms with Crippen molar-refractivity contribution in [1.29, 1.82) is 0 Å². The number of rotatable bonds is 10. The van der Waals surface area contributed by atoms with Crippen LogP contribution in [-0.4, -0.2) is 54.2 Å². The number of amides is 1. The van der Waals surface area contributed by atoms with Gasteiger partial charge in [0.15, 0.2) is 0 Å². The van der Waals surface area contributed by atoms with E-state index in [9.17, 15) is 34.5 Å². The number of aromatic nitrogens is 3. The molecule has 0 spiro atoms. The first-order chi connectivity index (χ1) is 22.6. The highest BCUT2D eigenvalue weighted by molar-refractivity contribution is 5.90. The summed E-state index contributed by atoms with van der Waals surface area (Å²) < 4.78 is 13.4. The van der Waals surface area contributed by atoms with Gasteiger partial charge in [-0.25, -0.2) is 19.4 Å². The predicted octanol–water partition coefficient (Wildman–Crippen LogP) is 3.51. The van der Waals surface area contributed by atoms with E-state index in [1.54, 1.807) is 35.8 Å². The number of benzene rings is 1. The molecule has 1 atom stereocenters. The third-order valence-corrected chi connectivity index (χ3v) is 8.70. The van der Waals surface area contributed by atoms with Gasteiger partial charge in [0.05, 0.1) is 29.0 Å². The largest absolute Gasteiger partial charge is 0.508 e. The molecule has 0 radical (unpaired) electrons. The summed E-state index contributed by atoms with van der Waals surface area (Å²) in [5.41, 5.74) is 1.85. The maximum atomic E-state index is 13.8. The zero-order chi connectivity index (χ0) is 33.5. The Hall–Kier alpha value is -5.53. The maximum absolute atomic E-state index is 13.8. The number of unbranched alkanes of at least 4 members (excludes halogenated alkanes) is 2. The van der Waals surface area contributed by atoms with E-state index in [4.69, 9.17) is 19.3 Å². The van der Waals surface area contributed by atoms with Crippen LogP contribution in [0, 0.1) is 0 Å². The van der Waals surface area contributed by atoms with E-state index in [-0.39, 0.29) is 55.0 Å². The van der Waals surface area contributed by atoms with Gasteiger partial charge in [0.2, 0.25) is 17.4 Å². The van der Waals surface area contributed by atoms with E-state index in [1.807, 2.05) is 6.92 Å². The maximum Gasteiger partial charge on any atom is 0.408 e. The number of ether oxygens (including phenoxy) is 2. The fourth-order valence-electron chi connectivity index (χ4n) is 6.31. The molecule has 0 saturated heterocycles. The zero-order valence-corrected chi connectivity index (χ0v) is 25.9. The van der Waals surface area contributed by atoms with Gasteiger partial charge in [0.1, 0.15) is 12.4 Å². The topological polar surface area (TPSA) is 191 Å². The van der Waals surface area contributed by atoms with E-state index in [0.29, 0.717) is 47.3 Å². The molecule has 2 aliphatic heterocycles. The number of nitrogens with zero attached hydrogens (tertiary/aromatic N) is 3. The van der Waals surface area contributed by atoms with Crippen molar-refractivity contribution in [2.24, 2.45) is 0 Å². The molecule has 0 aliphatic carbocycles. The quantitative estimate of drug-likeness (QED) is 0.128. The lowest BCUT2D eigenvalue weighted by molar-refractivity contribution is -0.172. The lowest BCUT2D eigenvalue weighted by atomic mass is 9.85. The molecule has 246 valence electrons. The van der Waals surface area contributed by atoms with E-state index in [0.717, 1.165) is 16.5 Å². The number of hydrogen-bond donors (Lipinski definition) is 4. The fraction of sp³-hybridized carbons (Fsp3) is 0.364. The molecule has 5 heterocycles. The van der Waals surface area contributed by atoms with Crippen molar-refractivity contribution < 1.29 is 44.0 Å².